The Bertz CT molecular complexity index is 677. The van der Waals surface area contributed by atoms with E-state index in [1.165, 1.54) is 0 Å². The van der Waals surface area contributed by atoms with Crippen molar-refractivity contribution in [2.24, 2.45) is 10.9 Å². The van der Waals surface area contributed by atoms with E-state index in [9.17, 15) is 0 Å². The fourth-order valence-corrected chi connectivity index (χ4v) is 2.56. The van der Waals surface area contributed by atoms with Gasteiger partial charge in [-0.3, -0.25) is 0 Å². The maximum absolute atomic E-state index is 8.67. The third-order valence-corrected chi connectivity index (χ3v) is 3.91. The van der Waals surface area contributed by atoms with Crippen molar-refractivity contribution >= 4 is 49.3 Å². The third kappa shape index (κ3) is 3.45. The Morgan fingerprint density at radius 1 is 1.20 bits per heavy atom. The molecule has 2 aromatic rings. The highest BCUT2D eigenvalue weighted by atomic mass is 79.9. The van der Waals surface area contributed by atoms with Gasteiger partial charge in [-0.2, -0.15) is 0 Å². The fourth-order valence-electron chi connectivity index (χ4n) is 1.50. The first kappa shape index (κ1) is 15.2. The Morgan fingerprint density at radius 3 is 2.60 bits per heavy atom. The van der Waals surface area contributed by atoms with E-state index in [2.05, 4.69) is 37.0 Å². The number of nitrogens with two attached hydrogens (primary N) is 1. The Labute approximate surface area is 137 Å². The van der Waals surface area contributed by atoms with Crippen LogP contribution in [0.25, 0.3) is 0 Å². The van der Waals surface area contributed by atoms with Crippen LogP contribution in [0.3, 0.4) is 0 Å². The maximum Gasteiger partial charge on any atom is 0.171 e. The highest BCUT2D eigenvalue weighted by molar-refractivity contribution is 9.10. The molecule has 0 aliphatic heterocycles. The van der Waals surface area contributed by atoms with Gasteiger partial charge in [0.1, 0.15) is 11.5 Å². The molecule has 0 heterocycles. The van der Waals surface area contributed by atoms with Crippen LogP contribution in [-0.4, -0.2) is 11.0 Å². The summed E-state index contributed by atoms with van der Waals surface area (Å²) in [5.41, 5.74) is 6.11. The van der Waals surface area contributed by atoms with Crippen LogP contribution in [0.2, 0.25) is 5.02 Å². The molecule has 0 aliphatic carbocycles. The lowest BCUT2D eigenvalue weighted by molar-refractivity contribution is 0.318. The molecule has 0 atom stereocenters. The molecule has 0 saturated carbocycles. The predicted molar refractivity (Wildman–Crippen MR) is 85.9 cm³/mol. The molecule has 0 spiro atoms. The van der Waals surface area contributed by atoms with Crippen molar-refractivity contribution < 1.29 is 9.94 Å². The van der Waals surface area contributed by atoms with E-state index in [0.29, 0.717) is 26.6 Å². The minimum Gasteiger partial charge on any atom is -0.456 e. The van der Waals surface area contributed by atoms with Gasteiger partial charge in [-0.25, -0.2) is 0 Å². The number of oxime groups is 1. The van der Waals surface area contributed by atoms with Crippen molar-refractivity contribution in [3.8, 4) is 11.5 Å². The molecule has 0 aromatic heterocycles. The standard InChI is InChI=1S/C13H9Br2ClN2O2/c14-7-1-4-11(16)12(5-7)20-8-2-3-9(10(15)6-8)13(17)18-19/h1-6,19H,(H2,17,18). The van der Waals surface area contributed by atoms with E-state index in [0.717, 1.165) is 4.47 Å². The SMILES string of the molecule is N/C(=N/O)c1ccc(Oc2cc(Br)ccc2Cl)cc1Br. The zero-order chi connectivity index (χ0) is 14.7. The van der Waals surface area contributed by atoms with Crippen molar-refractivity contribution in [2.45, 2.75) is 0 Å². The molecule has 0 aliphatic rings. The number of rotatable bonds is 3. The Kier molecular flexibility index (Phi) is 4.91. The summed E-state index contributed by atoms with van der Waals surface area (Å²) < 4.78 is 7.22. The summed E-state index contributed by atoms with van der Waals surface area (Å²) in [6.45, 7) is 0. The van der Waals surface area contributed by atoms with E-state index >= 15 is 0 Å². The quantitative estimate of drug-likeness (QED) is 0.326. The van der Waals surface area contributed by atoms with Gasteiger partial charge in [0.15, 0.2) is 5.84 Å². The number of hydrogen-bond acceptors (Lipinski definition) is 3. The van der Waals surface area contributed by atoms with Crippen LogP contribution in [0.15, 0.2) is 50.5 Å². The summed E-state index contributed by atoms with van der Waals surface area (Å²) in [6, 6.07) is 10.4. The fraction of sp³-hybridized carbons (Fsp3) is 0. The van der Waals surface area contributed by atoms with Crippen LogP contribution >= 0.6 is 43.5 Å². The molecular formula is C13H9Br2ClN2O2. The van der Waals surface area contributed by atoms with Crippen LogP contribution < -0.4 is 10.5 Å². The normalized spacial score (nSPS) is 11.4. The van der Waals surface area contributed by atoms with Gasteiger partial charge in [0.05, 0.1) is 5.02 Å². The van der Waals surface area contributed by atoms with Crippen LogP contribution in [-0.2, 0) is 0 Å². The molecule has 0 amide bonds. The molecule has 3 N–H and O–H groups in total. The van der Waals surface area contributed by atoms with Gasteiger partial charge in [0.25, 0.3) is 0 Å². The van der Waals surface area contributed by atoms with Gasteiger partial charge in [-0.1, -0.05) is 32.7 Å². The highest BCUT2D eigenvalue weighted by Crippen LogP contribution is 2.33. The summed E-state index contributed by atoms with van der Waals surface area (Å²) in [4.78, 5) is 0. The van der Waals surface area contributed by atoms with Crippen LogP contribution in [0.4, 0.5) is 0 Å². The van der Waals surface area contributed by atoms with Gasteiger partial charge in [-0.05, 0) is 52.3 Å². The Morgan fingerprint density at radius 2 is 1.95 bits per heavy atom. The predicted octanol–water partition coefficient (Wildman–Crippen LogP) is 4.75. The lowest BCUT2D eigenvalue weighted by atomic mass is 10.2. The Balaban J connectivity index is 2.31. The molecule has 2 rings (SSSR count). The largest absolute Gasteiger partial charge is 0.456 e. The van der Waals surface area contributed by atoms with Gasteiger partial charge in [-0.15, -0.1) is 0 Å². The van der Waals surface area contributed by atoms with Crippen LogP contribution in [0, 0.1) is 0 Å². The summed E-state index contributed by atoms with van der Waals surface area (Å²) in [6.07, 6.45) is 0. The second-order valence-electron chi connectivity index (χ2n) is 3.80. The average Bonchev–Trinajstić information content (AvgIpc) is 2.42. The smallest absolute Gasteiger partial charge is 0.171 e. The average molecular weight is 420 g/mol. The van der Waals surface area contributed by atoms with E-state index in [4.69, 9.17) is 27.3 Å². The Hall–Kier alpha value is -1.24. The van der Waals surface area contributed by atoms with Crippen molar-refractivity contribution in [2.75, 3.05) is 0 Å². The van der Waals surface area contributed by atoms with E-state index in [-0.39, 0.29) is 5.84 Å². The number of halogens is 3. The minimum absolute atomic E-state index is 0.0175. The van der Waals surface area contributed by atoms with Crippen molar-refractivity contribution in [3.05, 3.63) is 55.9 Å². The zero-order valence-electron chi connectivity index (χ0n) is 9.98. The summed E-state index contributed by atoms with van der Waals surface area (Å²) in [7, 11) is 0. The van der Waals surface area contributed by atoms with Crippen LogP contribution in [0.1, 0.15) is 5.56 Å². The van der Waals surface area contributed by atoms with Crippen molar-refractivity contribution in [3.63, 3.8) is 0 Å². The second-order valence-corrected chi connectivity index (χ2v) is 5.98. The summed E-state index contributed by atoms with van der Waals surface area (Å²) >= 11 is 12.8. The zero-order valence-corrected chi connectivity index (χ0v) is 13.9. The molecule has 0 fully saturated rings. The summed E-state index contributed by atoms with van der Waals surface area (Å²) in [5, 5.41) is 12.1. The monoisotopic (exact) mass is 418 g/mol. The van der Waals surface area contributed by atoms with E-state index in [1.807, 2.05) is 6.07 Å². The third-order valence-electron chi connectivity index (χ3n) is 2.45. The van der Waals surface area contributed by atoms with Crippen molar-refractivity contribution in [1.82, 2.24) is 0 Å². The molecule has 0 saturated heterocycles. The van der Waals surface area contributed by atoms with Gasteiger partial charge in [0, 0.05) is 14.5 Å². The van der Waals surface area contributed by atoms with E-state index < -0.39 is 0 Å². The topological polar surface area (TPSA) is 67.8 Å². The lowest BCUT2D eigenvalue weighted by Gasteiger charge is -2.10. The lowest BCUT2D eigenvalue weighted by Crippen LogP contribution is -2.13. The first-order chi connectivity index (χ1) is 9.51. The second kappa shape index (κ2) is 6.47. The van der Waals surface area contributed by atoms with Gasteiger partial charge >= 0.3 is 0 Å². The number of nitrogens with zero attached hydrogens (tertiary/aromatic N) is 1. The molecule has 7 heteroatoms. The molecule has 20 heavy (non-hydrogen) atoms. The first-order valence-electron chi connectivity index (χ1n) is 5.41. The molecule has 0 bridgehead atoms. The number of hydrogen-bond donors (Lipinski definition) is 2. The van der Waals surface area contributed by atoms with Gasteiger partial charge < -0.3 is 15.7 Å². The van der Waals surface area contributed by atoms with Gasteiger partial charge in [0.2, 0.25) is 0 Å². The number of benzene rings is 2. The first-order valence-corrected chi connectivity index (χ1v) is 7.38. The molecule has 2 aromatic carbocycles. The summed E-state index contributed by atoms with van der Waals surface area (Å²) in [5.74, 6) is 1.12. The molecule has 0 unspecified atom stereocenters. The number of ether oxygens (including phenoxy) is 1. The minimum atomic E-state index is 0.0175. The van der Waals surface area contributed by atoms with E-state index in [1.54, 1.807) is 30.3 Å². The molecule has 4 nitrogen and oxygen atoms in total. The van der Waals surface area contributed by atoms with Crippen LogP contribution in [0.5, 0.6) is 11.5 Å². The molecule has 0 radical (unpaired) electrons. The van der Waals surface area contributed by atoms with Crippen molar-refractivity contribution in [1.29, 1.82) is 0 Å². The molecular weight excluding hydrogens is 411 g/mol. The molecule has 104 valence electrons. The maximum atomic E-state index is 8.67. The number of amidine groups is 1. The highest BCUT2D eigenvalue weighted by Gasteiger charge is 2.09.